The third-order valence-electron chi connectivity index (χ3n) is 4.48. The summed E-state index contributed by atoms with van der Waals surface area (Å²) in [5.41, 5.74) is 1.14. The summed E-state index contributed by atoms with van der Waals surface area (Å²) < 4.78 is 5.48. The predicted molar refractivity (Wildman–Crippen MR) is 117 cm³/mol. The van der Waals surface area contributed by atoms with Crippen molar-refractivity contribution in [2.75, 3.05) is 39.9 Å². The highest BCUT2D eigenvalue weighted by Crippen LogP contribution is 2.26. The van der Waals surface area contributed by atoms with Crippen molar-refractivity contribution in [2.24, 2.45) is 10.9 Å². The summed E-state index contributed by atoms with van der Waals surface area (Å²) in [6.45, 7) is 10.8. The molecule has 1 aromatic carbocycles. The number of aliphatic imine (C=N–C) groups is 1. The first-order valence-corrected chi connectivity index (χ1v) is 9.13. The molecule has 1 atom stereocenters. The lowest BCUT2D eigenvalue weighted by molar-refractivity contribution is 0.181. The smallest absolute Gasteiger partial charge is 0.193 e. The molecule has 4 nitrogen and oxygen atoms in total. The van der Waals surface area contributed by atoms with Crippen LogP contribution in [0.2, 0.25) is 5.02 Å². The second kappa shape index (κ2) is 10.6. The van der Waals surface area contributed by atoms with Crippen molar-refractivity contribution in [3.8, 4) is 0 Å². The lowest BCUT2D eigenvalue weighted by Crippen LogP contribution is -2.42. The van der Waals surface area contributed by atoms with Crippen molar-refractivity contribution in [1.82, 2.24) is 10.2 Å². The maximum absolute atomic E-state index is 6.14. The first-order valence-electron chi connectivity index (χ1n) is 8.75. The van der Waals surface area contributed by atoms with Crippen molar-refractivity contribution in [3.63, 3.8) is 0 Å². The van der Waals surface area contributed by atoms with Crippen LogP contribution in [0.5, 0.6) is 0 Å². The molecule has 1 heterocycles. The minimum atomic E-state index is -0.0666. The highest BCUT2D eigenvalue weighted by Gasteiger charge is 2.22. The molecular weight excluding hydrogens is 449 g/mol. The highest BCUT2D eigenvalue weighted by molar-refractivity contribution is 14.0. The van der Waals surface area contributed by atoms with Crippen molar-refractivity contribution < 1.29 is 4.74 Å². The number of benzene rings is 1. The first kappa shape index (κ1) is 22.5. The quantitative estimate of drug-likeness (QED) is 0.378. The van der Waals surface area contributed by atoms with E-state index >= 15 is 0 Å². The van der Waals surface area contributed by atoms with Crippen LogP contribution in [-0.2, 0) is 10.2 Å². The van der Waals surface area contributed by atoms with Crippen LogP contribution in [-0.4, -0.2) is 50.8 Å². The van der Waals surface area contributed by atoms with Crippen molar-refractivity contribution >= 4 is 41.5 Å². The van der Waals surface area contributed by atoms with Gasteiger partial charge in [-0.25, -0.2) is 0 Å². The van der Waals surface area contributed by atoms with Crippen LogP contribution >= 0.6 is 35.6 Å². The number of rotatable bonds is 6. The molecule has 0 amide bonds. The molecule has 0 bridgehead atoms. The van der Waals surface area contributed by atoms with Gasteiger partial charge in [-0.2, -0.15) is 0 Å². The molecule has 1 aliphatic rings. The number of hydrogen-bond donors (Lipinski definition) is 1. The maximum Gasteiger partial charge on any atom is 0.193 e. The Bertz CT molecular complexity index is 559. The third kappa shape index (κ3) is 6.94. The van der Waals surface area contributed by atoms with E-state index in [0.29, 0.717) is 12.5 Å². The average Bonchev–Trinajstić information content (AvgIpc) is 3.04. The van der Waals surface area contributed by atoms with Crippen molar-refractivity contribution in [3.05, 3.63) is 34.9 Å². The number of halogens is 2. The van der Waals surface area contributed by atoms with Crippen LogP contribution in [0.1, 0.15) is 32.8 Å². The fourth-order valence-corrected chi connectivity index (χ4v) is 3.13. The summed E-state index contributed by atoms with van der Waals surface area (Å²) in [4.78, 5) is 7.10. The molecule has 142 valence electrons. The number of guanidine groups is 1. The number of ether oxygens (including phenoxy) is 1. The summed E-state index contributed by atoms with van der Waals surface area (Å²) in [6.07, 6.45) is 1.14. The third-order valence-corrected chi connectivity index (χ3v) is 4.72. The summed E-state index contributed by atoms with van der Waals surface area (Å²) in [5, 5.41) is 4.17. The molecule has 25 heavy (non-hydrogen) atoms. The first-order chi connectivity index (χ1) is 11.4. The predicted octanol–water partition coefficient (Wildman–Crippen LogP) is 4.17. The number of nitrogens with one attached hydrogen (secondary N) is 1. The zero-order chi connectivity index (χ0) is 17.6. The topological polar surface area (TPSA) is 36.9 Å². The SMILES string of the molecule is CCNC(=NCC(C)(C)c1cccc(Cl)c1)N(C)CC1CCOC1.I. The van der Waals surface area contributed by atoms with Crippen molar-refractivity contribution in [2.45, 2.75) is 32.6 Å². The molecule has 0 radical (unpaired) electrons. The molecule has 1 unspecified atom stereocenters. The molecule has 1 saturated heterocycles. The standard InChI is InChI=1S/C19H30ClN3O.HI/c1-5-21-18(23(4)12-15-9-10-24-13-15)22-14-19(2,3)16-7-6-8-17(20)11-16;/h6-8,11,15H,5,9-10,12-14H2,1-4H3,(H,21,22);1H. The Hall–Kier alpha value is -0.530. The minimum absolute atomic E-state index is 0. The number of nitrogens with zero attached hydrogens (tertiary/aromatic N) is 2. The van der Waals surface area contributed by atoms with Gasteiger partial charge in [0.25, 0.3) is 0 Å². The molecule has 0 saturated carbocycles. The second-order valence-electron chi connectivity index (χ2n) is 7.17. The van der Waals surface area contributed by atoms with Gasteiger partial charge in [-0.3, -0.25) is 4.99 Å². The molecule has 6 heteroatoms. The normalized spacial score (nSPS) is 18.0. The Morgan fingerprint density at radius 2 is 2.20 bits per heavy atom. The summed E-state index contributed by atoms with van der Waals surface area (Å²) in [7, 11) is 2.10. The molecule has 1 aromatic rings. The molecule has 1 aliphatic heterocycles. The average molecular weight is 480 g/mol. The van der Waals surface area contributed by atoms with E-state index in [2.05, 4.69) is 44.1 Å². The van der Waals surface area contributed by atoms with E-state index in [0.717, 1.165) is 43.7 Å². The summed E-state index contributed by atoms with van der Waals surface area (Å²) in [6, 6.07) is 8.06. The van der Waals surface area contributed by atoms with Crippen LogP contribution in [0.25, 0.3) is 0 Å². The Kier molecular flexibility index (Phi) is 9.52. The molecule has 1 fully saturated rings. The fourth-order valence-electron chi connectivity index (χ4n) is 2.94. The monoisotopic (exact) mass is 479 g/mol. The van der Waals surface area contributed by atoms with Gasteiger partial charge in [0.1, 0.15) is 0 Å². The highest BCUT2D eigenvalue weighted by atomic mass is 127. The molecule has 0 aliphatic carbocycles. The summed E-state index contributed by atoms with van der Waals surface area (Å²) in [5.74, 6) is 1.55. The van der Waals surface area contributed by atoms with Crippen LogP contribution in [0.4, 0.5) is 0 Å². The van der Waals surface area contributed by atoms with Crippen LogP contribution < -0.4 is 5.32 Å². The van der Waals surface area contributed by atoms with E-state index in [-0.39, 0.29) is 29.4 Å². The van der Waals surface area contributed by atoms with Gasteiger partial charge in [-0.1, -0.05) is 37.6 Å². The Morgan fingerprint density at radius 3 is 2.80 bits per heavy atom. The van der Waals surface area contributed by atoms with E-state index in [1.54, 1.807) is 0 Å². The molecule has 1 N–H and O–H groups in total. The number of hydrogen-bond acceptors (Lipinski definition) is 2. The zero-order valence-electron chi connectivity index (χ0n) is 15.7. The van der Waals surface area contributed by atoms with E-state index in [4.69, 9.17) is 21.3 Å². The zero-order valence-corrected chi connectivity index (χ0v) is 18.8. The largest absolute Gasteiger partial charge is 0.381 e. The minimum Gasteiger partial charge on any atom is -0.381 e. The Morgan fingerprint density at radius 1 is 1.44 bits per heavy atom. The second-order valence-corrected chi connectivity index (χ2v) is 7.61. The van der Waals surface area contributed by atoms with Gasteiger partial charge in [-0.05, 0) is 31.0 Å². The van der Waals surface area contributed by atoms with Gasteiger partial charge in [0, 0.05) is 43.1 Å². The van der Waals surface area contributed by atoms with Crippen LogP contribution in [0.15, 0.2) is 29.3 Å². The van der Waals surface area contributed by atoms with Crippen LogP contribution in [0.3, 0.4) is 0 Å². The lowest BCUT2D eigenvalue weighted by atomic mass is 9.85. The molecule has 0 spiro atoms. The molecular formula is C19H31ClIN3O. The van der Waals surface area contributed by atoms with E-state index in [1.165, 1.54) is 5.56 Å². The van der Waals surface area contributed by atoms with E-state index in [1.807, 2.05) is 18.2 Å². The van der Waals surface area contributed by atoms with Crippen molar-refractivity contribution in [1.29, 1.82) is 0 Å². The van der Waals surface area contributed by atoms with Gasteiger partial charge in [0.15, 0.2) is 5.96 Å². The van der Waals surface area contributed by atoms with Gasteiger partial charge in [-0.15, -0.1) is 24.0 Å². The van der Waals surface area contributed by atoms with E-state index < -0.39 is 0 Å². The summed E-state index contributed by atoms with van der Waals surface area (Å²) >= 11 is 6.14. The molecule has 0 aromatic heterocycles. The Labute approximate surface area is 174 Å². The van der Waals surface area contributed by atoms with Gasteiger partial charge in [0.2, 0.25) is 0 Å². The Balaban J connectivity index is 0.00000312. The fraction of sp³-hybridized carbons (Fsp3) is 0.632. The lowest BCUT2D eigenvalue weighted by Gasteiger charge is -2.27. The van der Waals surface area contributed by atoms with Gasteiger partial charge in [0.05, 0.1) is 13.2 Å². The molecule has 2 rings (SSSR count). The van der Waals surface area contributed by atoms with Gasteiger partial charge >= 0.3 is 0 Å². The van der Waals surface area contributed by atoms with E-state index in [9.17, 15) is 0 Å². The van der Waals surface area contributed by atoms with Crippen LogP contribution in [0, 0.1) is 5.92 Å². The maximum atomic E-state index is 6.14. The van der Waals surface area contributed by atoms with Gasteiger partial charge < -0.3 is 15.0 Å².